The van der Waals surface area contributed by atoms with Gasteiger partial charge in [-0.1, -0.05) is 24.3 Å². The predicted molar refractivity (Wildman–Crippen MR) is 89.7 cm³/mol. The minimum absolute atomic E-state index is 0.514. The van der Waals surface area contributed by atoms with E-state index in [0.717, 1.165) is 34.8 Å². The Bertz CT molecular complexity index is 691. The first-order valence-corrected chi connectivity index (χ1v) is 8.15. The quantitative estimate of drug-likeness (QED) is 0.930. The molecule has 0 saturated carbocycles. The second-order valence-corrected chi connectivity index (χ2v) is 6.20. The summed E-state index contributed by atoms with van der Waals surface area (Å²) in [5, 5.41) is 9.87. The maximum Gasteiger partial charge on any atom is 0.329 e. The van der Waals surface area contributed by atoms with Gasteiger partial charge in [-0.3, -0.25) is 4.99 Å². The van der Waals surface area contributed by atoms with Gasteiger partial charge in [-0.25, -0.2) is 4.79 Å². The number of carbonyl (C=O) groups is 1. The van der Waals surface area contributed by atoms with E-state index in [2.05, 4.69) is 23.2 Å². The molecule has 0 aromatic heterocycles. The van der Waals surface area contributed by atoms with Gasteiger partial charge in [-0.05, 0) is 36.1 Å². The zero-order chi connectivity index (χ0) is 15.5. The Morgan fingerprint density at radius 1 is 1.41 bits per heavy atom. The van der Waals surface area contributed by atoms with E-state index in [0.29, 0.717) is 5.75 Å². The monoisotopic (exact) mass is 315 g/mol. The van der Waals surface area contributed by atoms with Gasteiger partial charge in [0.2, 0.25) is 0 Å². The smallest absolute Gasteiger partial charge is 0.329 e. The Balaban J connectivity index is 1.87. The Labute approximate surface area is 133 Å². The molecule has 114 valence electrons. The normalized spacial score (nSPS) is 24.3. The number of benzene rings is 1. The molecular weight excluding hydrogens is 298 g/mol. The van der Waals surface area contributed by atoms with Crippen molar-refractivity contribution in [2.24, 2.45) is 4.99 Å². The number of allylic oxidation sites excluding steroid dienone is 2. The maximum atomic E-state index is 11.0. The lowest BCUT2D eigenvalue weighted by molar-refractivity contribution is -0.137. The maximum absolute atomic E-state index is 11.0. The third-order valence-electron chi connectivity index (χ3n) is 3.76. The summed E-state index contributed by atoms with van der Waals surface area (Å²) in [6, 6.07) is 5.48. The number of aliphatic imine (C=N–C) groups is 1. The van der Waals surface area contributed by atoms with Crippen LogP contribution in [0.3, 0.4) is 0 Å². The van der Waals surface area contributed by atoms with E-state index in [-0.39, 0.29) is 0 Å². The van der Waals surface area contributed by atoms with Crippen LogP contribution in [-0.2, 0) is 11.2 Å². The number of rotatable bonds is 3. The third-order valence-corrected chi connectivity index (χ3v) is 4.85. The Morgan fingerprint density at radius 3 is 3.00 bits per heavy atom. The van der Waals surface area contributed by atoms with E-state index in [4.69, 9.17) is 9.84 Å². The van der Waals surface area contributed by atoms with Gasteiger partial charge < -0.3 is 9.84 Å². The number of nitrogens with zero attached hydrogens (tertiary/aromatic N) is 1. The molecule has 1 atom stereocenters. The van der Waals surface area contributed by atoms with E-state index in [9.17, 15) is 4.79 Å². The summed E-state index contributed by atoms with van der Waals surface area (Å²) in [5.74, 6) is 0.501. The van der Waals surface area contributed by atoms with E-state index in [1.807, 2.05) is 18.2 Å². The molecule has 1 unspecified atom stereocenters. The van der Waals surface area contributed by atoms with Crippen LogP contribution in [-0.4, -0.2) is 35.0 Å². The van der Waals surface area contributed by atoms with Gasteiger partial charge in [0, 0.05) is 11.3 Å². The van der Waals surface area contributed by atoms with E-state index >= 15 is 0 Å². The number of thioether (sulfide) groups is 1. The fourth-order valence-corrected chi connectivity index (χ4v) is 3.58. The fraction of sp³-hybridized carbons (Fsp3) is 0.294. The Morgan fingerprint density at radius 2 is 2.27 bits per heavy atom. The van der Waals surface area contributed by atoms with Crippen molar-refractivity contribution in [3.05, 3.63) is 47.1 Å². The third kappa shape index (κ3) is 3.09. The van der Waals surface area contributed by atoms with Crippen LogP contribution in [0.2, 0.25) is 0 Å². The molecule has 0 radical (unpaired) electrons. The molecule has 0 spiro atoms. The number of methoxy groups -OCH3 is 1. The van der Waals surface area contributed by atoms with Crippen LogP contribution in [0.4, 0.5) is 0 Å². The van der Waals surface area contributed by atoms with Gasteiger partial charge in [0.1, 0.15) is 5.75 Å². The minimum atomic E-state index is -0.854. The number of hydrogen-bond donors (Lipinski definition) is 1. The Kier molecular flexibility index (Phi) is 4.34. The van der Waals surface area contributed by atoms with Crippen LogP contribution in [0.5, 0.6) is 5.75 Å². The second-order valence-electron chi connectivity index (χ2n) is 5.20. The summed E-state index contributed by atoms with van der Waals surface area (Å²) in [4.78, 5) is 15.3. The van der Waals surface area contributed by atoms with Crippen molar-refractivity contribution in [2.75, 3.05) is 12.9 Å². The molecule has 22 heavy (non-hydrogen) atoms. The molecular formula is C17H17NO3S. The number of ether oxygens (including phenoxy) is 1. The first-order chi connectivity index (χ1) is 10.7. The van der Waals surface area contributed by atoms with Gasteiger partial charge in [0.05, 0.1) is 12.2 Å². The summed E-state index contributed by atoms with van der Waals surface area (Å²) < 4.78 is 5.28. The fourth-order valence-electron chi connectivity index (χ4n) is 2.53. The number of fused-ring (bicyclic) bond motifs is 1. The minimum Gasteiger partial charge on any atom is -0.497 e. The lowest BCUT2D eigenvalue weighted by Gasteiger charge is -2.11. The predicted octanol–water partition coefficient (Wildman–Crippen LogP) is 3.18. The highest BCUT2D eigenvalue weighted by Gasteiger charge is 2.25. The summed E-state index contributed by atoms with van der Waals surface area (Å²) in [5.41, 5.74) is 3.45. The molecule has 2 aliphatic rings. The number of carboxylic acid groups (broad SMARTS) is 1. The van der Waals surface area contributed by atoms with Crippen LogP contribution in [0, 0.1) is 0 Å². The second kappa shape index (κ2) is 6.40. The van der Waals surface area contributed by atoms with Crippen molar-refractivity contribution >= 4 is 28.9 Å². The summed E-state index contributed by atoms with van der Waals surface area (Å²) >= 11 is 1.52. The molecule has 3 rings (SSSR count). The zero-order valence-corrected chi connectivity index (χ0v) is 13.1. The van der Waals surface area contributed by atoms with E-state index < -0.39 is 12.0 Å². The van der Waals surface area contributed by atoms with Crippen molar-refractivity contribution in [3.8, 4) is 5.75 Å². The molecule has 0 saturated heterocycles. The van der Waals surface area contributed by atoms with Gasteiger partial charge >= 0.3 is 5.97 Å². The van der Waals surface area contributed by atoms with Crippen molar-refractivity contribution < 1.29 is 14.6 Å². The van der Waals surface area contributed by atoms with Crippen molar-refractivity contribution in [1.82, 2.24) is 0 Å². The number of hydrogen-bond acceptors (Lipinski definition) is 4. The first kappa shape index (κ1) is 14.9. The molecule has 0 bridgehead atoms. The van der Waals surface area contributed by atoms with Crippen LogP contribution in [0.15, 0.2) is 40.9 Å². The lowest BCUT2D eigenvalue weighted by Crippen LogP contribution is -2.17. The van der Waals surface area contributed by atoms with Gasteiger partial charge in [0.15, 0.2) is 6.04 Å². The van der Waals surface area contributed by atoms with Crippen LogP contribution < -0.4 is 4.74 Å². The highest BCUT2D eigenvalue weighted by molar-refractivity contribution is 8.14. The molecule has 1 N–H and O–H groups in total. The van der Waals surface area contributed by atoms with Gasteiger partial charge in [0.25, 0.3) is 0 Å². The molecule has 1 heterocycles. The van der Waals surface area contributed by atoms with E-state index in [1.54, 1.807) is 7.11 Å². The van der Waals surface area contributed by atoms with Crippen LogP contribution >= 0.6 is 11.8 Å². The highest BCUT2D eigenvalue weighted by atomic mass is 32.2. The van der Waals surface area contributed by atoms with Gasteiger partial charge in [-0.2, -0.15) is 0 Å². The molecule has 0 amide bonds. The van der Waals surface area contributed by atoms with Crippen molar-refractivity contribution in [1.29, 1.82) is 0 Å². The summed E-state index contributed by atoms with van der Waals surface area (Å²) in [7, 11) is 1.66. The van der Waals surface area contributed by atoms with Crippen molar-refractivity contribution in [3.63, 3.8) is 0 Å². The molecule has 1 aliphatic carbocycles. The molecule has 1 aromatic rings. The largest absolute Gasteiger partial charge is 0.497 e. The van der Waals surface area contributed by atoms with Crippen molar-refractivity contribution in [2.45, 2.75) is 18.9 Å². The van der Waals surface area contributed by atoms with E-state index in [1.165, 1.54) is 17.3 Å². The topological polar surface area (TPSA) is 58.9 Å². The molecule has 4 nitrogen and oxygen atoms in total. The standard InChI is InChI=1S/C17H17NO3S/c1-21-14-8-7-11-3-2-4-12(5-6-13(11)9-14)16-18-15(10-22-16)17(19)20/h4-9,15H,2-3,10H2,1H3,(H,19,20)/b6-5-,12-4-. The average Bonchev–Trinajstić information content (AvgIpc) is 2.98. The number of aryl methyl sites for hydroxylation is 1. The van der Waals surface area contributed by atoms with Gasteiger partial charge in [-0.15, -0.1) is 11.8 Å². The van der Waals surface area contributed by atoms with Crippen LogP contribution in [0.25, 0.3) is 6.08 Å². The highest BCUT2D eigenvalue weighted by Crippen LogP contribution is 2.28. The first-order valence-electron chi connectivity index (χ1n) is 7.16. The zero-order valence-electron chi connectivity index (χ0n) is 12.3. The molecule has 1 aliphatic heterocycles. The summed E-state index contributed by atoms with van der Waals surface area (Å²) in [6.45, 7) is 0. The molecule has 5 heteroatoms. The lowest BCUT2D eigenvalue weighted by atomic mass is 9.98. The average molecular weight is 315 g/mol. The number of aliphatic carboxylic acids is 1. The SMILES string of the molecule is COc1ccc2c(c1)/C=C\C(C1=NC(C(=O)O)CS1)=C\CC2. The Hall–Kier alpha value is -2.01. The number of carboxylic acids is 1. The molecule has 0 fully saturated rings. The van der Waals surface area contributed by atoms with Crippen LogP contribution in [0.1, 0.15) is 17.5 Å². The summed E-state index contributed by atoms with van der Waals surface area (Å²) in [6.07, 6.45) is 8.08. The molecule has 1 aromatic carbocycles.